The van der Waals surface area contributed by atoms with Crippen molar-refractivity contribution in [1.82, 2.24) is 15.8 Å². The van der Waals surface area contributed by atoms with Crippen LogP contribution in [0.3, 0.4) is 0 Å². The number of aliphatic imine (C=N–C) groups is 1. The van der Waals surface area contributed by atoms with Gasteiger partial charge in [-0.2, -0.15) is 0 Å². The van der Waals surface area contributed by atoms with E-state index in [2.05, 4.69) is 49.9 Å². The molecule has 2 heterocycles. The largest absolute Gasteiger partial charge is 0.369 e. The highest BCUT2D eigenvalue weighted by Gasteiger charge is 2.23. The maximum absolute atomic E-state index is 5.46. The van der Waals surface area contributed by atoms with Crippen molar-refractivity contribution < 1.29 is 4.52 Å². The Bertz CT molecular complexity index is 913. The number of anilines is 1. The molecule has 7 heteroatoms. The summed E-state index contributed by atoms with van der Waals surface area (Å²) in [4.78, 5) is 6.74. The third kappa shape index (κ3) is 5.50. The zero-order valence-electron chi connectivity index (χ0n) is 16.4. The van der Waals surface area contributed by atoms with E-state index in [1.165, 1.54) is 5.69 Å². The highest BCUT2D eigenvalue weighted by molar-refractivity contribution is 14.0. The van der Waals surface area contributed by atoms with Gasteiger partial charge in [-0.3, -0.25) is 4.99 Å². The zero-order chi connectivity index (χ0) is 19.2. The van der Waals surface area contributed by atoms with Crippen LogP contribution in [0.5, 0.6) is 0 Å². The topological polar surface area (TPSA) is 65.7 Å². The van der Waals surface area contributed by atoms with Gasteiger partial charge in [0, 0.05) is 43.5 Å². The Hall–Kier alpha value is -2.55. The lowest BCUT2D eigenvalue weighted by atomic mass is 10.1. The number of nitrogens with zero attached hydrogens (tertiary/aromatic N) is 3. The Morgan fingerprint density at radius 3 is 2.59 bits per heavy atom. The van der Waals surface area contributed by atoms with Crippen LogP contribution in [-0.4, -0.2) is 37.3 Å². The number of para-hydroxylation sites is 1. The van der Waals surface area contributed by atoms with Crippen molar-refractivity contribution in [2.45, 2.75) is 19.0 Å². The van der Waals surface area contributed by atoms with Crippen LogP contribution < -0.4 is 15.5 Å². The molecule has 3 aromatic rings. The van der Waals surface area contributed by atoms with Crippen molar-refractivity contribution >= 4 is 35.6 Å². The van der Waals surface area contributed by atoms with Gasteiger partial charge in [0.05, 0.1) is 6.54 Å². The van der Waals surface area contributed by atoms with E-state index in [1.54, 1.807) is 7.05 Å². The zero-order valence-corrected chi connectivity index (χ0v) is 18.7. The Balaban J connectivity index is 0.00000240. The number of aromatic nitrogens is 1. The van der Waals surface area contributed by atoms with E-state index in [4.69, 9.17) is 4.52 Å². The molecule has 1 aromatic heterocycles. The predicted octanol–water partition coefficient (Wildman–Crippen LogP) is 3.90. The fraction of sp³-hybridized carbons (Fsp3) is 0.273. The molecule has 29 heavy (non-hydrogen) atoms. The average molecular weight is 503 g/mol. The molecule has 0 saturated carbocycles. The van der Waals surface area contributed by atoms with E-state index >= 15 is 0 Å². The first-order valence-corrected chi connectivity index (χ1v) is 9.60. The Morgan fingerprint density at radius 1 is 1.14 bits per heavy atom. The molecule has 152 valence electrons. The molecule has 1 fully saturated rings. The molecular formula is C22H26IN5O. The van der Waals surface area contributed by atoms with Gasteiger partial charge in [0.25, 0.3) is 0 Å². The number of halogens is 1. The number of nitrogens with one attached hydrogen (secondary N) is 2. The summed E-state index contributed by atoms with van der Waals surface area (Å²) in [5, 5.41) is 11.0. The first-order valence-electron chi connectivity index (χ1n) is 9.60. The molecule has 6 nitrogen and oxygen atoms in total. The molecule has 1 unspecified atom stereocenters. The maximum atomic E-state index is 5.46. The van der Waals surface area contributed by atoms with Gasteiger partial charge in [0.15, 0.2) is 11.7 Å². The second-order valence-corrected chi connectivity index (χ2v) is 6.88. The van der Waals surface area contributed by atoms with Crippen LogP contribution in [-0.2, 0) is 6.54 Å². The van der Waals surface area contributed by atoms with Gasteiger partial charge < -0.3 is 20.1 Å². The van der Waals surface area contributed by atoms with Crippen LogP contribution in [0.1, 0.15) is 12.2 Å². The molecular weight excluding hydrogens is 477 g/mol. The van der Waals surface area contributed by atoms with Gasteiger partial charge >= 0.3 is 0 Å². The Kier molecular flexibility index (Phi) is 7.51. The molecule has 2 N–H and O–H groups in total. The van der Waals surface area contributed by atoms with Crippen molar-refractivity contribution in [1.29, 1.82) is 0 Å². The van der Waals surface area contributed by atoms with Gasteiger partial charge in [-0.1, -0.05) is 53.7 Å². The quantitative estimate of drug-likeness (QED) is 0.314. The summed E-state index contributed by atoms with van der Waals surface area (Å²) in [6, 6.07) is 22.9. The smallest absolute Gasteiger partial charge is 0.191 e. The highest BCUT2D eigenvalue weighted by Crippen LogP contribution is 2.20. The van der Waals surface area contributed by atoms with Gasteiger partial charge in [0.1, 0.15) is 5.69 Å². The molecule has 0 spiro atoms. The fourth-order valence-corrected chi connectivity index (χ4v) is 3.45. The lowest BCUT2D eigenvalue weighted by Crippen LogP contribution is -2.44. The first-order chi connectivity index (χ1) is 13.8. The highest BCUT2D eigenvalue weighted by atomic mass is 127. The summed E-state index contributed by atoms with van der Waals surface area (Å²) in [6.07, 6.45) is 1.08. The van der Waals surface area contributed by atoms with Crippen LogP contribution >= 0.6 is 24.0 Å². The van der Waals surface area contributed by atoms with Gasteiger partial charge in [-0.05, 0) is 18.6 Å². The van der Waals surface area contributed by atoms with Crippen molar-refractivity contribution in [3.05, 3.63) is 72.5 Å². The minimum Gasteiger partial charge on any atom is -0.369 e. The fourth-order valence-electron chi connectivity index (χ4n) is 3.45. The molecule has 2 aromatic carbocycles. The number of hydrogen-bond donors (Lipinski definition) is 2. The Morgan fingerprint density at radius 2 is 1.86 bits per heavy atom. The van der Waals surface area contributed by atoms with Crippen LogP contribution in [0.4, 0.5) is 5.69 Å². The van der Waals surface area contributed by atoms with Crippen molar-refractivity contribution in [2.75, 3.05) is 25.0 Å². The van der Waals surface area contributed by atoms with Crippen molar-refractivity contribution in [3.8, 4) is 11.3 Å². The average Bonchev–Trinajstić information content (AvgIpc) is 3.42. The molecule has 0 radical (unpaired) electrons. The summed E-state index contributed by atoms with van der Waals surface area (Å²) in [7, 11) is 1.79. The van der Waals surface area contributed by atoms with Gasteiger partial charge in [-0.25, -0.2) is 0 Å². The molecule has 0 amide bonds. The molecule has 4 rings (SSSR count). The lowest BCUT2D eigenvalue weighted by Gasteiger charge is -2.20. The van der Waals surface area contributed by atoms with Crippen LogP contribution in [0.25, 0.3) is 11.3 Å². The van der Waals surface area contributed by atoms with E-state index in [-0.39, 0.29) is 24.0 Å². The van der Waals surface area contributed by atoms with Crippen molar-refractivity contribution in [2.24, 2.45) is 4.99 Å². The first kappa shape index (κ1) is 21.2. The predicted molar refractivity (Wildman–Crippen MR) is 128 cm³/mol. The van der Waals surface area contributed by atoms with E-state index in [0.717, 1.165) is 42.5 Å². The summed E-state index contributed by atoms with van der Waals surface area (Å²) in [5.41, 5.74) is 3.16. The summed E-state index contributed by atoms with van der Waals surface area (Å²) >= 11 is 0. The molecule has 0 aliphatic carbocycles. The summed E-state index contributed by atoms with van der Waals surface area (Å²) in [6.45, 7) is 2.54. The molecule has 0 bridgehead atoms. The van der Waals surface area contributed by atoms with Crippen LogP contribution in [0.2, 0.25) is 0 Å². The normalized spacial score (nSPS) is 16.4. The minimum absolute atomic E-state index is 0. The second-order valence-electron chi connectivity index (χ2n) is 6.88. The third-order valence-electron chi connectivity index (χ3n) is 4.93. The summed E-state index contributed by atoms with van der Waals surface area (Å²) in [5.74, 6) is 1.55. The molecule has 1 saturated heterocycles. The number of guanidine groups is 1. The number of benzene rings is 2. The SMILES string of the molecule is CN=C(NCc1cc(-c2ccccc2)no1)NC1CCN(c2ccccc2)C1.I. The van der Waals surface area contributed by atoms with Crippen LogP contribution in [0, 0.1) is 0 Å². The van der Waals surface area contributed by atoms with E-state index in [0.29, 0.717) is 12.6 Å². The number of hydrogen-bond acceptors (Lipinski definition) is 4. The van der Waals surface area contributed by atoms with E-state index in [1.807, 2.05) is 42.5 Å². The third-order valence-corrected chi connectivity index (χ3v) is 4.93. The van der Waals surface area contributed by atoms with Crippen LogP contribution in [0.15, 0.2) is 76.2 Å². The monoisotopic (exact) mass is 503 g/mol. The van der Waals surface area contributed by atoms with E-state index < -0.39 is 0 Å². The standard InChI is InChI=1S/C22H25N5O.HI/c1-23-22(25-18-12-13-27(16-18)19-10-6-3-7-11-19)24-15-20-14-21(26-28-20)17-8-4-2-5-9-17;/h2-11,14,18H,12-13,15-16H2,1H3,(H2,23,24,25);1H. The summed E-state index contributed by atoms with van der Waals surface area (Å²) < 4.78 is 5.46. The van der Waals surface area contributed by atoms with Crippen molar-refractivity contribution in [3.63, 3.8) is 0 Å². The lowest BCUT2D eigenvalue weighted by molar-refractivity contribution is 0.381. The van der Waals surface area contributed by atoms with Gasteiger partial charge in [-0.15, -0.1) is 24.0 Å². The number of rotatable bonds is 5. The Labute approximate surface area is 188 Å². The maximum Gasteiger partial charge on any atom is 0.191 e. The molecule has 1 aliphatic heterocycles. The minimum atomic E-state index is 0. The second kappa shape index (κ2) is 10.3. The molecule has 1 aliphatic rings. The van der Waals surface area contributed by atoms with Gasteiger partial charge in [0.2, 0.25) is 0 Å². The van der Waals surface area contributed by atoms with E-state index in [9.17, 15) is 0 Å². The molecule has 1 atom stereocenters.